The van der Waals surface area contributed by atoms with Crippen LogP contribution in [0.4, 0.5) is 0 Å². The maximum absolute atomic E-state index is 11.3. The lowest BCUT2D eigenvalue weighted by atomic mass is 9.51. The van der Waals surface area contributed by atoms with E-state index in [0.717, 1.165) is 25.9 Å². The van der Waals surface area contributed by atoms with Crippen molar-refractivity contribution in [2.75, 3.05) is 26.4 Å². The SMILES string of the molecule is CCOCCOCC1=C(C)[C@]2(C)CC[C@@H](C)[C@](C)(CC=O)[C@H]2C1. The number of fused-ring (bicyclic) bond motifs is 1. The number of aldehydes is 1. The van der Waals surface area contributed by atoms with E-state index < -0.39 is 0 Å². The number of hydrogen-bond donors (Lipinski definition) is 0. The Hall–Kier alpha value is -0.670. The highest BCUT2D eigenvalue weighted by Gasteiger charge is 2.55. The van der Waals surface area contributed by atoms with Gasteiger partial charge >= 0.3 is 0 Å². The molecule has 0 aliphatic heterocycles. The van der Waals surface area contributed by atoms with E-state index in [0.29, 0.717) is 31.5 Å². The molecule has 2 aliphatic carbocycles. The third kappa shape index (κ3) is 3.41. The van der Waals surface area contributed by atoms with Crippen molar-refractivity contribution in [3.8, 4) is 0 Å². The number of rotatable bonds is 8. The molecule has 0 unspecified atom stereocenters. The minimum absolute atomic E-state index is 0.114. The van der Waals surface area contributed by atoms with Gasteiger partial charge in [0.15, 0.2) is 0 Å². The summed E-state index contributed by atoms with van der Waals surface area (Å²) in [5.74, 6) is 1.17. The molecule has 0 amide bonds. The monoisotopic (exact) mass is 322 g/mol. The summed E-state index contributed by atoms with van der Waals surface area (Å²) < 4.78 is 11.2. The fourth-order valence-corrected chi connectivity index (χ4v) is 4.95. The second-order valence-corrected chi connectivity index (χ2v) is 7.97. The van der Waals surface area contributed by atoms with Crippen LogP contribution in [0.3, 0.4) is 0 Å². The van der Waals surface area contributed by atoms with Crippen LogP contribution in [-0.2, 0) is 14.3 Å². The first-order valence-electron chi connectivity index (χ1n) is 9.18. The summed E-state index contributed by atoms with van der Waals surface area (Å²) >= 11 is 0. The minimum atomic E-state index is 0.114. The maximum atomic E-state index is 11.3. The fraction of sp³-hybridized carbons (Fsp3) is 0.850. The van der Waals surface area contributed by atoms with Crippen LogP contribution in [0.1, 0.15) is 60.3 Å². The predicted octanol–water partition coefficient (Wildman–Crippen LogP) is 4.41. The Morgan fingerprint density at radius 3 is 2.61 bits per heavy atom. The normalized spacial score (nSPS) is 37.1. The van der Waals surface area contributed by atoms with E-state index >= 15 is 0 Å². The van der Waals surface area contributed by atoms with Crippen molar-refractivity contribution in [3.63, 3.8) is 0 Å². The van der Waals surface area contributed by atoms with E-state index in [-0.39, 0.29) is 10.8 Å². The lowest BCUT2D eigenvalue weighted by Gasteiger charge is -2.53. The third-order valence-electron chi connectivity index (χ3n) is 7.00. The molecule has 0 bridgehead atoms. The highest BCUT2D eigenvalue weighted by atomic mass is 16.5. The van der Waals surface area contributed by atoms with Gasteiger partial charge in [0.1, 0.15) is 6.29 Å². The highest BCUT2D eigenvalue weighted by molar-refractivity contribution is 5.51. The van der Waals surface area contributed by atoms with E-state index in [2.05, 4.69) is 27.7 Å². The molecular formula is C20H34O3. The second kappa shape index (κ2) is 7.48. The maximum Gasteiger partial charge on any atom is 0.120 e. The summed E-state index contributed by atoms with van der Waals surface area (Å²) in [6.45, 7) is 14.2. The van der Waals surface area contributed by atoms with Crippen molar-refractivity contribution >= 4 is 6.29 Å². The van der Waals surface area contributed by atoms with Crippen LogP contribution in [-0.4, -0.2) is 32.7 Å². The Balaban J connectivity index is 2.09. The van der Waals surface area contributed by atoms with Crippen LogP contribution < -0.4 is 0 Å². The molecule has 2 rings (SSSR count). The van der Waals surface area contributed by atoms with Crippen LogP contribution in [0.5, 0.6) is 0 Å². The molecule has 0 N–H and O–H groups in total. The van der Waals surface area contributed by atoms with E-state index in [4.69, 9.17) is 9.47 Å². The average molecular weight is 322 g/mol. The molecule has 3 nitrogen and oxygen atoms in total. The molecule has 0 aromatic heterocycles. The zero-order valence-electron chi connectivity index (χ0n) is 15.6. The molecular weight excluding hydrogens is 288 g/mol. The molecule has 0 aromatic rings. The van der Waals surface area contributed by atoms with Gasteiger partial charge in [-0.3, -0.25) is 0 Å². The van der Waals surface area contributed by atoms with Gasteiger partial charge in [-0.25, -0.2) is 0 Å². The van der Waals surface area contributed by atoms with Gasteiger partial charge in [0, 0.05) is 13.0 Å². The number of carbonyl (C=O) groups excluding carboxylic acids is 1. The Labute approximate surface area is 141 Å². The third-order valence-corrected chi connectivity index (χ3v) is 7.00. The predicted molar refractivity (Wildman–Crippen MR) is 93.4 cm³/mol. The molecule has 23 heavy (non-hydrogen) atoms. The molecule has 132 valence electrons. The summed E-state index contributed by atoms with van der Waals surface area (Å²) in [5, 5.41) is 0. The second-order valence-electron chi connectivity index (χ2n) is 7.97. The van der Waals surface area contributed by atoms with Crippen molar-refractivity contribution in [2.24, 2.45) is 22.7 Å². The van der Waals surface area contributed by atoms with Crippen LogP contribution in [0.15, 0.2) is 11.1 Å². The summed E-state index contributed by atoms with van der Waals surface area (Å²) in [4.78, 5) is 11.3. The van der Waals surface area contributed by atoms with Crippen LogP contribution >= 0.6 is 0 Å². The van der Waals surface area contributed by atoms with Gasteiger partial charge in [-0.05, 0) is 61.3 Å². The Bertz CT molecular complexity index is 456. The van der Waals surface area contributed by atoms with Crippen molar-refractivity contribution in [2.45, 2.75) is 60.3 Å². The van der Waals surface area contributed by atoms with Crippen LogP contribution in [0.2, 0.25) is 0 Å². The number of allylic oxidation sites excluding steroid dienone is 1. The summed E-state index contributed by atoms with van der Waals surface area (Å²) in [7, 11) is 0. The Kier molecular flexibility index (Phi) is 6.07. The summed E-state index contributed by atoms with van der Waals surface area (Å²) in [5.41, 5.74) is 3.33. The van der Waals surface area contributed by atoms with Gasteiger partial charge in [-0.15, -0.1) is 0 Å². The summed E-state index contributed by atoms with van der Waals surface area (Å²) in [6, 6.07) is 0. The van der Waals surface area contributed by atoms with E-state index in [9.17, 15) is 4.79 Å². The van der Waals surface area contributed by atoms with Crippen molar-refractivity contribution in [1.82, 2.24) is 0 Å². The number of ether oxygens (including phenoxy) is 2. The van der Waals surface area contributed by atoms with E-state index in [1.165, 1.54) is 24.0 Å². The molecule has 1 saturated carbocycles. The zero-order valence-corrected chi connectivity index (χ0v) is 15.6. The topological polar surface area (TPSA) is 35.5 Å². The molecule has 0 heterocycles. The first-order valence-corrected chi connectivity index (χ1v) is 9.18. The molecule has 0 aromatic carbocycles. The van der Waals surface area contributed by atoms with Gasteiger partial charge in [0.25, 0.3) is 0 Å². The first-order chi connectivity index (χ1) is 10.9. The van der Waals surface area contributed by atoms with Crippen molar-refractivity contribution in [3.05, 3.63) is 11.1 Å². The van der Waals surface area contributed by atoms with Gasteiger partial charge in [0.2, 0.25) is 0 Å². The van der Waals surface area contributed by atoms with Gasteiger partial charge in [-0.2, -0.15) is 0 Å². The van der Waals surface area contributed by atoms with Crippen LogP contribution in [0.25, 0.3) is 0 Å². The Morgan fingerprint density at radius 2 is 1.96 bits per heavy atom. The number of carbonyl (C=O) groups is 1. The summed E-state index contributed by atoms with van der Waals surface area (Å²) in [6.07, 6.45) is 5.36. The van der Waals surface area contributed by atoms with E-state index in [1.807, 2.05) is 6.92 Å². The average Bonchev–Trinajstić information content (AvgIpc) is 2.78. The number of hydrogen-bond acceptors (Lipinski definition) is 3. The molecule has 0 radical (unpaired) electrons. The van der Waals surface area contributed by atoms with Crippen LogP contribution in [0, 0.1) is 22.7 Å². The molecule has 2 aliphatic rings. The van der Waals surface area contributed by atoms with Crippen molar-refractivity contribution in [1.29, 1.82) is 0 Å². The quantitative estimate of drug-likeness (QED) is 0.377. The van der Waals surface area contributed by atoms with Gasteiger partial charge in [-0.1, -0.05) is 26.3 Å². The van der Waals surface area contributed by atoms with Gasteiger partial charge < -0.3 is 14.3 Å². The van der Waals surface area contributed by atoms with E-state index in [1.54, 1.807) is 0 Å². The minimum Gasteiger partial charge on any atom is -0.379 e. The zero-order chi connectivity index (χ0) is 17.1. The highest BCUT2D eigenvalue weighted by Crippen LogP contribution is 2.63. The van der Waals surface area contributed by atoms with Crippen molar-refractivity contribution < 1.29 is 14.3 Å². The van der Waals surface area contributed by atoms with Gasteiger partial charge in [0.05, 0.1) is 19.8 Å². The first kappa shape index (κ1) is 18.7. The molecule has 0 spiro atoms. The molecule has 0 saturated heterocycles. The lowest BCUT2D eigenvalue weighted by Crippen LogP contribution is -2.46. The molecule has 1 fully saturated rings. The molecule has 4 atom stereocenters. The largest absolute Gasteiger partial charge is 0.379 e. The Morgan fingerprint density at radius 1 is 1.26 bits per heavy atom. The lowest BCUT2D eigenvalue weighted by molar-refractivity contribution is -0.114. The molecule has 3 heteroatoms. The standard InChI is InChI=1S/C20H34O3/c1-6-22-11-12-23-14-17-13-18-19(4,9-10-21)15(2)7-8-20(18,5)16(17)3/h10,15,18H,6-9,11-14H2,1-5H3/t15-,18-,19+,20+/m1/s1. The smallest absolute Gasteiger partial charge is 0.120 e. The fourth-order valence-electron chi connectivity index (χ4n) is 4.95.